The van der Waals surface area contributed by atoms with Gasteiger partial charge in [0.15, 0.2) is 6.61 Å². The summed E-state index contributed by atoms with van der Waals surface area (Å²) in [6, 6.07) is 17.7. The highest BCUT2D eigenvalue weighted by Crippen LogP contribution is 2.31. The van der Waals surface area contributed by atoms with E-state index in [1.54, 1.807) is 23.5 Å². The van der Waals surface area contributed by atoms with E-state index in [1.807, 2.05) is 23.6 Å². The van der Waals surface area contributed by atoms with Crippen LogP contribution in [0.1, 0.15) is 53.3 Å². The van der Waals surface area contributed by atoms with Gasteiger partial charge in [0.05, 0.1) is 6.04 Å². The average Bonchev–Trinajstić information content (AvgIpc) is 3.56. The van der Waals surface area contributed by atoms with Gasteiger partial charge in [0.25, 0.3) is 5.91 Å². The Balaban J connectivity index is 1.24. The van der Waals surface area contributed by atoms with Crippen LogP contribution in [0.15, 0.2) is 60.0 Å². The van der Waals surface area contributed by atoms with Gasteiger partial charge < -0.3 is 15.4 Å². The Labute approximate surface area is 198 Å². The lowest BCUT2D eigenvalue weighted by Gasteiger charge is -2.22. The minimum Gasteiger partial charge on any atom is -0.484 e. The number of amides is 2. The van der Waals surface area contributed by atoms with Gasteiger partial charge in [0, 0.05) is 22.5 Å². The van der Waals surface area contributed by atoms with E-state index in [-0.39, 0.29) is 30.4 Å². The minimum absolute atomic E-state index is 0.0498. The van der Waals surface area contributed by atoms with E-state index in [0.717, 1.165) is 36.1 Å². The fourth-order valence-electron chi connectivity index (χ4n) is 4.31. The van der Waals surface area contributed by atoms with Crippen molar-refractivity contribution in [2.24, 2.45) is 5.92 Å². The maximum absolute atomic E-state index is 12.8. The van der Waals surface area contributed by atoms with Gasteiger partial charge in [0.2, 0.25) is 5.91 Å². The molecule has 5 nitrogen and oxygen atoms in total. The number of fused-ring (bicyclic) bond motifs is 1. The fourth-order valence-corrected chi connectivity index (χ4v) is 5.11. The number of hydrogen-bond acceptors (Lipinski definition) is 4. The van der Waals surface area contributed by atoms with Crippen molar-refractivity contribution in [2.75, 3.05) is 11.9 Å². The van der Waals surface area contributed by atoms with Crippen molar-refractivity contribution in [3.8, 4) is 5.75 Å². The molecule has 0 bridgehead atoms. The van der Waals surface area contributed by atoms with Gasteiger partial charge in [0.1, 0.15) is 5.75 Å². The zero-order valence-electron chi connectivity index (χ0n) is 18.5. The van der Waals surface area contributed by atoms with Crippen LogP contribution in [0.25, 0.3) is 0 Å². The average molecular weight is 461 g/mol. The van der Waals surface area contributed by atoms with Crippen molar-refractivity contribution in [3.05, 3.63) is 81.5 Å². The number of aryl methyl sites for hydroxylation is 2. The van der Waals surface area contributed by atoms with E-state index in [0.29, 0.717) is 11.4 Å². The number of ether oxygens (including phenoxy) is 1. The van der Waals surface area contributed by atoms with Crippen molar-refractivity contribution in [3.63, 3.8) is 0 Å². The molecule has 1 fully saturated rings. The van der Waals surface area contributed by atoms with Crippen LogP contribution in [0.3, 0.4) is 0 Å². The monoisotopic (exact) mass is 460 g/mol. The molecule has 0 spiro atoms. The predicted octanol–water partition coefficient (Wildman–Crippen LogP) is 5.26. The Morgan fingerprint density at radius 1 is 1.00 bits per heavy atom. The van der Waals surface area contributed by atoms with Gasteiger partial charge in [-0.1, -0.05) is 30.3 Å². The summed E-state index contributed by atoms with van der Waals surface area (Å²) in [6.07, 6.45) is 6.63. The molecule has 2 amide bonds. The largest absolute Gasteiger partial charge is 0.484 e. The van der Waals surface area contributed by atoms with E-state index in [1.165, 1.54) is 24.0 Å². The molecule has 33 heavy (non-hydrogen) atoms. The molecular weight excluding hydrogens is 432 g/mol. The lowest BCUT2D eigenvalue weighted by molar-refractivity contribution is -0.123. The van der Waals surface area contributed by atoms with Crippen LogP contribution in [-0.4, -0.2) is 18.4 Å². The molecule has 5 rings (SSSR count). The number of benzene rings is 2. The smallest absolute Gasteiger partial charge is 0.258 e. The van der Waals surface area contributed by atoms with E-state index >= 15 is 0 Å². The fraction of sp³-hybridized carbons (Fsp3) is 0.333. The molecule has 0 saturated heterocycles. The summed E-state index contributed by atoms with van der Waals surface area (Å²) in [5.74, 6) is 0.561. The molecule has 1 heterocycles. The highest BCUT2D eigenvalue weighted by atomic mass is 32.1. The summed E-state index contributed by atoms with van der Waals surface area (Å²) in [5, 5.41) is 8.10. The van der Waals surface area contributed by atoms with Gasteiger partial charge in [-0.15, -0.1) is 11.3 Å². The number of carbonyl (C=O) groups is 2. The molecule has 1 aromatic heterocycles. The molecule has 6 heteroatoms. The molecule has 1 saturated carbocycles. The van der Waals surface area contributed by atoms with Crippen molar-refractivity contribution >= 4 is 28.8 Å². The Hall–Kier alpha value is -3.12. The van der Waals surface area contributed by atoms with Crippen molar-refractivity contribution in [2.45, 2.75) is 44.6 Å². The molecule has 2 N–H and O–H groups in total. The number of rotatable bonds is 8. The first-order valence-electron chi connectivity index (χ1n) is 11.6. The Kier molecular flexibility index (Phi) is 6.44. The van der Waals surface area contributed by atoms with Gasteiger partial charge in [-0.25, -0.2) is 0 Å². The van der Waals surface area contributed by atoms with E-state index in [4.69, 9.17) is 4.74 Å². The summed E-state index contributed by atoms with van der Waals surface area (Å²) >= 11 is 1.64. The third kappa shape index (κ3) is 5.45. The van der Waals surface area contributed by atoms with E-state index < -0.39 is 0 Å². The first-order chi connectivity index (χ1) is 16.2. The number of carbonyl (C=O) groups excluding carboxylic acids is 2. The van der Waals surface area contributed by atoms with Gasteiger partial charge in [-0.2, -0.15) is 0 Å². The maximum atomic E-state index is 12.8. The molecule has 0 radical (unpaired) electrons. The third-order valence-electron chi connectivity index (χ3n) is 6.26. The molecule has 2 aromatic carbocycles. The molecule has 2 aliphatic rings. The summed E-state index contributed by atoms with van der Waals surface area (Å²) in [5.41, 5.74) is 4.63. The number of thiophene rings is 1. The van der Waals surface area contributed by atoms with Crippen LogP contribution >= 0.6 is 11.3 Å². The van der Waals surface area contributed by atoms with Crippen LogP contribution < -0.4 is 15.4 Å². The van der Waals surface area contributed by atoms with Gasteiger partial charge in [-0.3, -0.25) is 9.59 Å². The van der Waals surface area contributed by atoms with Crippen LogP contribution in [0.5, 0.6) is 5.75 Å². The summed E-state index contributed by atoms with van der Waals surface area (Å²) in [7, 11) is 0. The second-order valence-electron chi connectivity index (χ2n) is 8.83. The van der Waals surface area contributed by atoms with Crippen LogP contribution in [0.2, 0.25) is 0 Å². The lowest BCUT2D eigenvalue weighted by Crippen LogP contribution is -2.33. The standard InChI is InChI=1S/C27H28N2O3S/c30-25(17-32-23-8-3-7-22(16-23)28-27(31)19-11-12-19)29-26(24-9-4-14-33-24)21-13-10-18-5-1-2-6-20(18)15-21/h3-4,7-10,13-16,19,26H,1-2,5-6,11-12,17H2,(H,28,31)(H,29,30). The zero-order valence-corrected chi connectivity index (χ0v) is 19.3. The first-order valence-corrected chi connectivity index (χ1v) is 12.5. The lowest BCUT2D eigenvalue weighted by atomic mass is 9.89. The summed E-state index contributed by atoms with van der Waals surface area (Å²) in [4.78, 5) is 25.9. The number of hydrogen-bond donors (Lipinski definition) is 2. The Bertz CT molecular complexity index is 1140. The summed E-state index contributed by atoms with van der Waals surface area (Å²) in [6.45, 7) is -0.0904. The highest BCUT2D eigenvalue weighted by molar-refractivity contribution is 7.10. The predicted molar refractivity (Wildman–Crippen MR) is 131 cm³/mol. The van der Waals surface area contributed by atoms with E-state index in [2.05, 4.69) is 34.9 Å². The van der Waals surface area contributed by atoms with Crippen molar-refractivity contribution in [1.29, 1.82) is 0 Å². The van der Waals surface area contributed by atoms with Gasteiger partial charge >= 0.3 is 0 Å². The third-order valence-corrected chi connectivity index (χ3v) is 7.20. The molecule has 1 atom stereocenters. The van der Waals surface area contributed by atoms with E-state index in [9.17, 15) is 9.59 Å². The SMILES string of the molecule is O=C(COc1cccc(NC(=O)C2CC2)c1)NC(c1ccc2c(c1)CCCC2)c1cccs1. The molecule has 3 aromatic rings. The molecule has 2 aliphatic carbocycles. The topological polar surface area (TPSA) is 67.4 Å². The van der Waals surface area contributed by atoms with Crippen molar-refractivity contribution in [1.82, 2.24) is 5.32 Å². The zero-order chi connectivity index (χ0) is 22.6. The van der Waals surface area contributed by atoms with Crippen molar-refractivity contribution < 1.29 is 14.3 Å². The number of anilines is 1. The molecule has 170 valence electrons. The second-order valence-corrected chi connectivity index (χ2v) is 9.81. The Morgan fingerprint density at radius 3 is 2.64 bits per heavy atom. The van der Waals surface area contributed by atoms with Crippen LogP contribution in [0, 0.1) is 5.92 Å². The molecule has 0 aliphatic heterocycles. The molecular formula is C27H28N2O3S. The first kappa shape index (κ1) is 21.7. The molecule has 1 unspecified atom stereocenters. The summed E-state index contributed by atoms with van der Waals surface area (Å²) < 4.78 is 5.75. The van der Waals surface area contributed by atoms with Gasteiger partial charge in [-0.05, 0) is 78.8 Å². The minimum atomic E-state index is -0.197. The number of nitrogens with one attached hydrogen (secondary N) is 2. The normalized spacial score (nSPS) is 15.9. The maximum Gasteiger partial charge on any atom is 0.258 e. The van der Waals surface area contributed by atoms with Crippen LogP contribution in [0.4, 0.5) is 5.69 Å². The highest BCUT2D eigenvalue weighted by Gasteiger charge is 2.29. The Morgan fingerprint density at radius 2 is 1.85 bits per heavy atom. The quantitative estimate of drug-likeness (QED) is 0.482. The van der Waals surface area contributed by atoms with Crippen LogP contribution in [-0.2, 0) is 22.4 Å². The second kappa shape index (κ2) is 9.79.